The number of aromatic nitrogens is 2. The second-order valence-electron chi connectivity index (χ2n) is 4.06. The number of aryl methyl sites for hydroxylation is 1. The summed E-state index contributed by atoms with van der Waals surface area (Å²) in [6.45, 7) is 10.4. The Balaban J connectivity index is 2.46. The van der Waals surface area contributed by atoms with Gasteiger partial charge in [0.1, 0.15) is 0 Å². The number of rotatable bonds is 3. The van der Waals surface area contributed by atoms with E-state index in [2.05, 4.69) is 9.83 Å². The third-order valence-electron chi connectivity index (χ3n) is 2.75. The molecule has 0 atom stereocenters. The Morgan fingerprint density at radius 3 is 2.65 bits per heavy atom. The van der Waals surface area contributed by atoms with E-state index in [1.807, 2.05) is 0 Å². The number of carbonyl (C=O) groups excluding carboxylic acids is 1. The van der Waals surface area contributed by atoms with Crippen LogP contribution in [0.2, 0.25) is 0 Å². The Hall–Kier alpha value is -2.81. The molecule has 0 unspecified atom stereocenters. The predicted octanol–water partition coefficient (Wildman–Crippen LogP) is 2.82. The first kappa shape index (κ1) is 13.6. The Morgan fingerprint density at radius 1 is 1.45 bits per heavy atom. The van der Waals surface area contributed by atoms with E-state index in [1.165, 1.54) is 0 Å². The molecular formula is C14H13N3O3. The van der Waals surface area contributed by atoms with Crippen molar-refractivity contribution in [1.29, 1.82) is 0 Å². The van der Waals surface area contributed by atoms with Crippen LogP contribution in [0.4, 0.5) is 5.69 Å². The minimum absolute atomic E-state index is 0.0103. The molecule has 1 aromatic heterocycles. The van der Waals surface area contributed by atoms with Gasteiger partial charge < -0.3 is 9.94 Å². The second-order valence-corrected chi connectivity index (χ2v) is 4.06. The number of imidazole rings is 1. The Labute approximate surface area is 116 Å². The molecule has 6 nitrogen and oxygen atoms in total. The molecule has 0 spiro atoms. The van der Waals surface area contributed by atoms with Gasteiger partial charge in [-0.3, -0.25) is 0 Å². The number of ether oxygens (including phenoxy) is 1. The fourth-order valence-electron chi connectivity index (χ4n) is 1.82. The van der Waals surface area contributed by atoms with Crippen LogP contribution in [0.3, 0.4) is 0 Å². The maximum atomic E-state index is 11.7. The summed E-state index contributed by atoms with van der Waals surface area (Å²) >= 11 is 0. The van der Waals surface area contributed by atoms with Crippen molar-refractivity contribution in [2.24, 2.45) is 0 Å². The number of hydrogen-bond donors (Lipinski definition) is 1. The molecule has 0 fully saturated rings. The van der Waals surface area contributed by atoms with E-state index in [4.69, 9.17) is 11.3 Å². The van der Waals surface area contributed by atoms with Gasteiger partial charge in [-0.15, -0.1) is 0 Å². The Morgan fingerprint density at radius 2 is 2.10 bits per heavy atom. The lowest BCUT2D eigenvalue weighted by Crippen LogP contribution is -2.12. The average Bonchev–Trinajstić information content (AvgIpc) is 2.74. The fraction of sp³-hybridized carbons (Fsp3) is 0.214. The molecular weight excluding hydrogens is 258 g/mol. The molecule has 0 radical (unpaired) electrons. The lowest BCUT2D eigenvalue weighted by Gasteiger charge is -2.04. The summed E-state index contributed by atoms with van der Waals surface area (Å²) < 4.78 is 5.60. The van der Waals surface area contributed by atoms with Gasteiger partial charge in [0.2, 0.25) is 0 Å². The molecule has 20 heavy (non-hydrogen) atoms. The lowest BCUT2D eigenvalue weighted by atomic mass is 10.2. The molecule has 0 aliphatic rings. The molecule has 0 saturated heterocycles. The third kappa shape index (κ3) is 2.34. The molecule has 1 N–H and O–H groups in total. The number of nitrogens with zero attached hydrogens (tertiary/aromatic N) is 3. The van der Waals surface area contributed by atoms with Gasteiger partial charge in [-0.1, -0.05) is 24.3 Å². The van der Waals surface area contributed by atoms with Gasteiger partial charge in [-0.2, -0.15) is 4.73 Å². The van der Waals surface area contributed by atoms with Crippen molar-refractivity contribution >= 4 is 11.7 Å². The number of hydrogen-bond acceptors (Lipinski definition) is 4. The van der Waals surface area contributed by atoms with Crippen LogP contribution in [-0.2, 0) is 4.74 Å². The SMILES string of the molecule is [C-]#[N+]c1ccc(-c2nc(C)c(C(=O)OCC)n2O)cc1. The molecule has 0 saturated carbocycles. The molecule has 0 aliphatic carbocycles. The van der Waals surface area contributed by atoms with Gasteiger partial charge in [0.15, 0.2) is 17.2 Å². The molecule has 1 heterocycles. The van der Waals surface area contributed by atoms with Crippen LogP contribution in [0.5, 0.6) is 0 Å². The van der Waals surface area contributed by atoms with Gasteiger partial charge in [0.25, 0.3) is 0 Å². The van der Waals surface area contributed by atoms with E-state index in [-0.39, 0.29) is 18.1 Å². The zero-order valence-corrected chi connectivity index (χ0v) is 11.1. The Kier molecular flexibility index (Phi) is 3.71. The van der Waals surface area contributed by atoms with Crippen molar-refractivity contribution in [1.82, 2.24) is 9.71 Å². The van der Waals surface area contributed by atoms with Gasteiger partial charge in [0, 0.05) is 5.56 Å². The van der Waals surface area contributed by atoms with Crippen LogP contribution in [0, 0.1) is 13.5 Å². The smallest absolute Gasteiger partial charge is 0.360 e. The van der Waals surface area contributed by atoms with Crippen molar-refractivity contribution in [3.05, 3.63) is 47.1 Å². The minimum atomic E-state index is -0.621. The topological polar surface area (TPSA) is 68.7 Å². The zero-order chi connectivity index (χ0) is 14.7. The molecule has 102 valence electrons. The standard InChI is InChI=1S/C14H13N3O3/c1-4-20-14(18)12-9(2)16-13(17(12)19)10-5-7-11(15-3)8-6-10/h5-8,19H,4H2,1-2H3. The average molecular weight is 271 g/mol. The van der Waals surface area contributed by atoms with Gasteiger partial charge >= 0.3 is 5.97 Å². The van der Waals surface area contributed by atoms with Crippen molar-refractivity contribution in [3.63, 3.8) is 0 Å². The van der Waals surface area contributed by atoms with E-state index in [0.717, 1.165) is 4.73 Å². The second kappa shape index (κ2) is 5.45. The molecule has 2 aromatic rings. The van der Waals surface area contributed by atoms with Crippen LogP contribution in [-0.4, -0.2) is 27.5 Å². The van der Waals surface area contributed by atoms with Crippen LogP contribution >= 0.6 is 0 Å². The van der Waals surface area contributed by atoms with E-state index >= 15 is 0 Å². The fourth-order valence-corrected chi connectivity index (χ4v) is 1.82. The van der Waals surface area contributed by atoms with Crippen LogP contribution in [0.25, 0.3) is 16.2 Å². The van der Waals surface area contributed by atoms with Crippen LogP contribution < -0.4 is 0 Å². The maximum absolute atomic E-state index is 11.7. The number of benzene rings is 1. The minimum Gasteiger partial charge on any atom is -0.461 e. The first-order valence-electron chi connectivity index (χ1n) is 6.02. The third-order valence-corrected chi connectivity index (χ3v) is 2.75. The Bertz CT molecular complexity index is 681. The van der Waals surface area contributed by atoms with Crippen molar-refractivity contribution in [2.45, 2.75) is 13.8 Å². The monoisotopic (exact) mass is 271 g/mol. The zero-order valence-electron chi connectivity index (χ0n) is 11.1. The van der Waals surface area contributed by atoms with E-state index < -0.39 is 5.97 Å². The largest absolute Gasteiger partial charge is 0.461 e. The van der Waals surface area contributed by atoms with Crippen molar-refractivity contribution in [2.75, 3.05) is 6.61 Å². The summed E-state index contributed by atoms with van der Waals surface area (Å²) in [5.74, 6) is -0.383. The predicted molar refractivity (Wildman–Crippen MR) is 71.8 cm³/mol. The summed E-state index contributed by atoms with van der Waals surface area (Å²) in [5.41, 5.74) is 1.50. The highest BCUT2D eigenvalue weighted by Gasteiger charge is 2.22. The van der Waals surface area contributed by atoms with Gasteiger partial charge in [-0.25, -0.2) is 14.6 Å². The van der Waals surface area contributed by atoms with Gasteiger partial charge in [0.05, 0.1) is 18.9 Å². The molecule has 0 bridgehead atoms. The highest BCUT2D eigenvalue weighted by Crippen LogP contribution is 2.24. The summed E-state index contributed by atoms with van der Waals surface area (Å²) in [7, 11) is 0. The molecule has 0 aliphatic heterocycles. The van der Waals surface area contributed by atoms with Crippen molar-refractivity contribution < 1.29 is 14.7 Å². The first-order valence-corrected chi connectivity index (χ1v) is 6.02. The van der Waals surface area contributed by atoms with E-state index in [1.54, 1.807) is 38.1 Å². The number of carbonyl (C=O) groups is 1. The molecule has 2 rings (SSSR count). The maximum Gasteiger partial charge on any atom is 0.360 e. The summed E-state index contributed by atoms with van der Waals surface area (Å²) in [5, 5.41) is 10.1. The highest BCUT2D eigenvalue weighted by atomic mass is 16.5. The lowest BCUT2D eigenvalue weighted by molar-refractivity contribution is 0.0476. The van der Waals surface area contributed by atoms with E-state index in [9.17, 15) is 10.0 Å². The van der Waals surface area contributed by atoms with Crippen molar-refractivity contribution in [3.8, 4) is 11.4 Å². The van der Waals surface area contributed by atoms with Crippen LogP contribution in [0.1, 0.15) is 23.1 Å². The van der Waals surface area contributed by atoms with Crippen LogP contribution in [0.15, 0.2) is 24.3 Å². The summed E-state index contributed by atoms with van der Waals surface area (Å²) in [6, 6.07) is 6.57. The quantitative estimate of drug-likeness (QED) is 0.529. The molecule has 0 amide bonds. The molecule has 1 aromatic carbocycles. The molecule has 6 heteroatoms. The number of esters is 1. The van der Waals surface area contributed by atoms with Gasteiger partial charge in [-0.05, 0) is 13.8 Å². The first-order chi connectivity index (χ1) is 9.58. The normalized spacial score (nSPS) is 10.1. The summed E-state index contributed by atoms with van der Waals surface area (Å²) in [6.07, 6.45) is 0. The highest BCUT2D eigenvalue weighted by molar-refractivity contribution is 5.89. The van der Waals surface area contributed by atoms with E-state index in [0.29, 0.717) is 16.9 Å². The summed E-state index contributed by atoms with van der Waals surface area (Å²) in [4.78, 5) is 19.2.